The Labute approximate surface area is 146 Å². The molecule has 3 aromatic carbocycles. The van der Waals surface area contributed by atoms with Gasteiger partial charge in [0.15, 0.2) is 0 Å². The molecule has 1 aromatic heterocycles. The van der Waals surface area contributed by atoms with Gasteiger partial charge in [-0.2, -0.15) is 5.10 Å². The first-order valence-corrected chi connectivity index (χ1v) is 8.13. The Morgan fingerprint density at radius 1 is 0.880 bits per heavy atom. The summed E-state index contributed by atoms with van der Waals surface area (Å²) in [7, 11) is 1.66. The minimum atomic E-state index is 0.535. The van der Waals surface area contributed by atoms with Crippen molar-refractivity contribution in [2.75, 3.05) is 7.11 Å². The Morgan fingerprint density at radius 3 is 2.44 bits per heavy atom. The lowest BCUT2D eigenvalue weighted by Gasteiger charge is -2.08. The number of nitrogens with zero attached hydrogens (tertiary/aromatic N) is 2. The van der Waals surface area contributed by atoms with Crippen LogP contribution < -0.4 is 9.47 Å². The Morgan fingerprint density at radius 2 is 1.68 bits per heavy atom. The van der Waals surface area contributed by atoms with E-state index in [4.69, 9.17) is 9.47 Å². The molecular formula is C21H18N2O2. The van der Waals surface area contributed by atoms with Crippen LogP contribution in [0.4, 0.5) is 0 Å². The van der Waals surface area contributed by atoms with Crippen molar-refractivity contribution in [3.63, 3.8) is 0 Å². The molecule has 0 N–H and O–H groups in total. The number of ether oxygens (including phenoxy) is 2. The molecule has 0 atom stereocenters. The lowest BCUT2D eigenvalue weighted by molar-refractivity contribution is 0.310. The molecule has 25 heavy (non-hydrogen) atoms. The summed E-state index contributed by atoms with van der Waals surface area (Å²) >= 11 is 0. The number of aromatic nitrogens is 2. The molecule has 0 unspecified atom stereocenters. The number of hydrogen-bond donors (Lipinski definition) is 0. The lowest BCUT2D eigenvalue weighted by atomic mass is 10.2. The lowest BCUT2D eigenvalue weighted by Crippen LogP contribution is -1.97. The first-order valence-electron chi connectivity index (χ1n) is 8.13. The van der Waals surface area contributed by atoms with E-state index >= 15 is 0 Å². The monoisotopic (exact) mass is 330 g/mol. The summed E-state index contributed by atoms with van der Waals surface area (Å²) in [5.74, 6) is 1.66. The van der Waals surface area contributed by atoms with Crippen LogP contribution >= 0.6 is 0 Å². The smallest absolute Gasteiger partial charge is 0.130 e. The van der Waals surface area contributed by atoms with E-state index < -0.39 is 0 Å². The van der Waals surface area contributed by atoms with Gasteiger partial charge in [-0.05, 0) is 42.0 Å². The zero-order chi connectivity index (χ0) is 17.1. The Bertz CT molecular complexity index is 976. The van der Waals surface area contributed by atoms with E-state index in [-0.39, 0.29) is 0 Å². The second-order valence-electron chi connectivity index (χ2n) is 5.72. The highest BCUT2D eigenvalue weighted by atomic mass is 16.5. The molecule has 0 saturated carbocycles. The fraction of sp³-hybridized carbons (Fsp3) is 0.0952. The Balaban J connectivity index is 1.65. The molecule has 0 saturated heterocycles. The molecule has 0 bridgehead atoms. The molecule has 0 aliphatic rings. The zero-order valence-corrected chi connectivity index (χ0v) is 13.9. The van der Waals surface area contributed by atoms with Crippen molar-refractivity contribution in [2.24, 2.45) is 0 Å². The van der Waals surface area contributed by atoms with Gasteiger partial charge in [0.25, 0.3) is 0 Å². The van der Waals surface area contributed by atoms with Gasteiger partial charge < -0.3 is 9.47 Å². The fourth-order valence-corrected chi connectivity index (χ4v) is 2.81. The number of hydrogen-bond acceptors (Lipinski definition) is 3. The third-order valence-electron chi connectivity index (χ3n) is 4.13. The van der Waals surface area contributed by atoms with Gasteiger partial charge >= 0.3 is 0 Å². The first kappa shape index (κ1) is 15.3. The molecule has 4 aromatic rings. The molecule has 4 rings (SSSR count). The van der Waals surface area contributed by atoms with Gasteiger partial charge in [-0.25, -0.2) is 4.68 Å². The standard InChI is InChI=1S/C21H18N2O2/c1-24-18-12-10-17(11-13-18)23-20-8-5-9-21(19(20)14-22-23)25-15-16-6-3-2-4-7-16/h2-14H,15H2,1H3. The van der Waals surface area contributed by atoms with Crippen LogP contribution in [0.1, 0.15) is 5.56 Å². The van der Waals surface area contributed by atoms with Crippen LogP contribution in [0.2, 0.25) is 0 Å². The third kappa shape index (κ3) is 3.06. The molecule has 0 fully saturated rings. The molecule has 4 heteroatoms. The fourth-order valence-electron chi connectivity index (χ4n) is 2.81. The molecule has 0 radical (unpaired) electrons. The largest absolute Gasteiger partial charge is 0.497 e. The van der Waals surface area contributed by atoms with Crippen molar-refractivity contribution in [1.82, 2.24) is 9.78 Å². The van der Waals surface area contributed by atoms with E-state index in [2.05, 4.69) is 17.2 Å². The van der Waals surface area contributed by atoms with Crippen molar-refractivity contribution in [2.45, 2.75) is 6.61 Å². The number of fused-ring (bicyclic) bond motifs is 1. The van der Waals surface area contributed by atoms with Crippen molar-refractivity contribution >= 4 is 10.9 Å². The third-order valence-corrected chi connectivity index (χ3v) is 4.13. The van der Waals surface area contributed by atoms with E-state index in [9.17, 15) is 0 Å². The van der Waals surface area contributed by atoms with Crippen molar-refractivity contribution < 1.29 is 9.47 Å². The van der Waals surface area contributed by atoms with Crippen LogP contribution in [0.25, 0.3) is 16.6 Å². The molecule has 1 heterocycles. The van der Waals surface area contributed by atoms with E-state index in [0.717, 1.165) is 33.7 Å². The summed E-state index contributed by atoms with van der Waals surface area (Å²) in [5.41, 5.74) is 3.13. The maximum absolute atomic E-state index is 6.02. The minimum Gasteiger partial charge on any atom is -0.497 e. The second kappa shape index (κ2) is 6.69. The summed E-state index contributed by atoms with van der Waals surface area (Å²) in [6, 6.07) is 24.0. The topological polar surface area (TPSA) is 36.3 Å². The molecule has 4 nitrogen and oxygen atoms in total. The highest BCUT2D eigenvalue weighted by Crippen LogP contribution is 2.28. The normalized spacial score (nSPS) is 10.8. The van der Waals surface area contributed by atoms with E-state index in [1.165, 1.54) is 0 Å². The Kier molecular flexibility index (Phi) is 4.09. The van der Waals surface area contributed by atoms with E-state index in [1.54, 1.807) is 7.11 Å². The molecule has 124 valence electrons. The van der Waals surface area contributed by atoms with E-state index in [0.29, 0.717) is 6.61 Å². The van der Waals surface area contributed by atoms with Crippen LogP contribution in [-0.4, -0.2) is 16.9 Å². The highest BCUT2D eigenvalue weighted by Gasteiger charge is 2.09. The summed E-state index contributed by atoms with van der Waals surface area (Å²) in [5, 5.41) is 5.53. The molecule has 0 amide bonds. The van der Waals surface area contributed by atoms with Gasteiger partial charge in [-0.3, -0.25) is 0 Å². The number of benzene rings is 3. The zero-order valence-electron chi connectivity index (χ0n) is 13.9. The van der Waals surface area contributed by atoms with Gasteiger partial charge in [-0.15, -0.1) is 0 Å². The Hall–Kier alpha value is -3.27. The maximum Gasteiger partial charge on any atom is 0.130 e. The van der Waals surface area contributed by atoms with Crippen LogP contribution in [0, 0.1) is 0 Å². The number of rotatable bonds is 5. The van der Waals surface area contributed by atoms with Crippen LogP contribution in [0.3, 0.4) is 0 Å². The van der Waals surface area contributed by atoms with Crippen molar-refractivity contribution in [1.29, 1.82) is 0 Å². The summed E-state index contributed by atoms with van der Waals surface area (Å²) < 4.78 is 13.1. The van der Waals surface area contributed by atoms with Gasteiger partial charge in [-0.1, -0.05) is 36.4 Å². The predicted molar refractivity (Wildman–Crippen MR) is 98.4 cm³/mol. The minimum absolute atomic E-state index is 0.535. The molecular weight excluding hydrogens is 312 g/mol. The van der Waals surface area contributed by atoms with Crippen LogP contribution in [-0.2, 0) is 6.61 Å². The van der Waals surface area contributed by atoms with Crippen molar-refractivity contribution in [3.05, 3.63) is 84.6 Å². The highest BCUT2D eigenvalue weighted by molar-refractivity contribution is 5.86. The van der Waals surface area contributed by atoms with Crippen molar-refractivity contribution in [3.8, 4) is 17.2 Å². The average molecular weight is 330 g/mol. The van der Waals surface area contributed by atoms with Gasteiger partial charge in [0, 0.05) is 0 Å². The predicted octanol–water partition coefficient (Wildman–Crippen LogP) is 4.61. The molecule has 0 aliphatic carbocycles. The van der Waals surface area contributed by atoms with Crippen LogP contribution in [0.15, 0.2) is 79.0 Å². The molecule has 0 aliphatic heterocycles. The number of methoxy groups -OCH3 is 1. The van der Waals surface area contributed by atoms with Gasteiger partial charge in [0.1, 0.15) is 18.1 Å². The summed E-state index contributed by atoms with van der Waals surface area (Å²) in [6.45, 7) is 0.535. The second-order valence-corrected chi connectivity index (χ2v) is 5.72. The summed E-state index contributed by atoms with van der Waals surface area (Å²) in [4.78, 5) is 0. The van der Waals surface area contributed by atoms with Gasteiger partial charge in [0.05, 0.1) is 29.9 Å². The first-order chi connectivity index (χ1) is 12.3. The summed E-state index contributed by atoms with van der Waals surface area (Å²) in [6.07, 6.45) is 1.85. The van der Waals surface area contributed by atoms with E-state index in [1.807, 2.05) is 71.5 Å². The van der Waals surface area contributed by atoms with Crippen LogP contribution in [0.5, 0.6) is 11.5 Å². The van der Waals surface area contributed by atoms with Gasteiger partial charge in [0.2, 0.25) is 0 Å². The molecule has 0 spiro atoms. The quantitative estimate of drug-likeness (QED) is 0.536. The SMILES string of the molecule is COc1ccc(-n2ncc3c(OCc4ccccc4)cccc32)cc1. The average Bonchev–Trinajstić information content (AvgIpc) is 3.12. The maximum atomic E-state index is 6.02.